The molecule has 0 atom stereocenters. The number of amides is 3. The molecule has 2 fully saturated rings. The third kappa shape index (κ3) is 3.86. The van der Waals surface area contributed by atoms with Crippen molar-refractivity contribution < 1.29 is 9.59 Å². The number of likely N-dealkylation sites (tertiary alicyclic amines) is 1. The molecule has 2 aromatic carbocycles. The highest BCUT2D eigenvalue weighted by molar-refractivity contribution is 5.94. The largest absolute Gasteiger partial charge is 0.367 e. The van der Waals surface area contributed by atoms with Crippen LogP contribution in [0.2, 0.25) is 0 Å². The number of anilines is 1. The molecular weight excluding hydrogens is 376 g/mol. The van der Waals surface area contributed by atoms with Crippen molar-refractivity contribution in [1.82, 2.24) is 15.1 Å². The number of carbonyl (C=O) groups is 2. The van der Waals surface area contributed by atoms with Crippen LogP contribution in [0.5, 0.6) is 0 Å². The van der Waals surface area contributed by atoms with Crippen molar-refractivity contribution >= 4 is 17.6 Å². The van der Waals surface area contributed by atoms with Gasteiger partial charge in [-0.3, -0.25) is 4.79 Å². The second-order valence-electron chi connectivity index (χ2n) is 8.28. The fraction of sp³-hybridized carbons (Fsp3) is 0.417. The van der Waals surface area contributed by atoms with E-state index in [-0.39, 0.29) is 17.5 Å². The maximum atomic E-state index is 13.0. The summed E-state index contributed by atoms with van der Waals surface area (Å²) in [6, 6.07) is 18.3. The summed E-state index contributed by atoms with van der Waals surface area (Å²) >= 11 is 0. The summed E-state index contributed by atoms with van der Waals surface area (Å²) < 4.78 is 0. The Kier molecular flexibility index (Phi) is 5.66. The zero-order chi connectivity index (χ0) is 21.1. The number of piperidine rings is 1. The highest BCUT2D eigenvalue weighted by Crippen LogP contribution is 2.31. The van der Waals surface area contributed by atoms with E-state index in [4.69, 9.17) is 0 Å². The van der Waals surface area contributed by atoms with E-state index in [9.17, 15) is 9.59 Å². The molecule has 2 heterocycles. The fourth-order valence-electron chi connectivity index (χ4n) is 4.52. The SMILES string of the molecule is CCN(Cc1ccccc1)c1ccc(C(=O)N2CCC3(CC2)CNC(=O)N3C)cc1. The Morgan fingerprint density at radius 1 is 1.07 bits per heavy atom. The Hall–Kier alpha value is -3.02. The molecule has 6 heteroatoms. The summed E-state index contributed by atoms with van der Waals surface area (Å²) in [5.74, 6) is 0.0717. The van der Waals surface area contributed by atoms with E-state index < -0.39 is 0 Å². The number of hydrogen-bond acceptors (Lipinski definition) is 3. The molecule has 6 nitrogen and oxygen atoms in total. The molecule has 2 aliphatic heterocycles. The van der Waals surface area contributed by atoms with Crippen LogP contribution in [0.15, 0.2) is 54.6 Å². The van der Waals surface area contributed by atoms with Gasteiger partial charge in [-0.1, -0.05) is 30.3 Å². The molecular formula is C24H30N4O2. The van der Waals surface area contributed by atoms with Crippen molar-refractivity contribution in [3.05, 3.63) is 65.7 Å². The Labute approximate surface area is 178 Å². The molecule has 4 rings (SSSR count). The number of nitrogens with zero attached hydrogens (tertiary/aromatic N) is 3. The quantitative estimate of drug-likeness (QED) is 0.829. The molecule has 1 N–H and O–H groups in total. The van der Waals surface area contributed by atoms with Crippen molar-refractivity contribution in [2.24, 2.45) is 0 Å². The van der Waals surface area contributed by atoms with Gasteiger partial charge in [0.1, 0.15) is 0 Å². The van der Waals surface area contributed by atoms with Crippen LogP contribution in [0.3, 0.4) is 0 Å². The Balaban J connectivity index is 1.39. The van der Waals surface area contributed by atoms with Crippen molar-refractivity contribution in [2.45, 2.75) is 31.8 Å². The van der Waals surface area contributed by atoms with Crippen LogP contribution in [0, 0.1) is 0 Å². The average Bonchev–Trinajstić information content (AvgIpc) is 3.07. The molecule has 1 spiro atoms. The first-order valence-electron chi connectivity index (χ1n) is 10.7. The number of nitrogens with one attached hydrogen (secondary N) is 1. The van der Waals surface area contributed by atoms with Gasteiger partial charge in [-0.05, 0) is 49.6 Å². The van der Waals surface area contributed by atoms with Crippen LogP contribution in [-0.2, 0) is 6.54 Å². The number of hydrogen-bond donors (Lipinski definition) is 1. The van der Waals surface area contributed by atoms with Crippen LogP contribution in [0.25, 0.3) is 0 Å². The molecule has 2 aliphatic rings. The molecule has 2 aromatic rings. The van der Waals surface area contributed by atoms with Gasteiger partial charge in [-0.2, -0.15) is 0 Å². The van der Waals surface area contributed by atoms with E-state index >= 15 is 0 Å². The first kappa shape index (κ1) is 20.3. The lowest BCUT2D eigenvalue weighted by atomic mass is 9.87. The number of carbonyl (C=O) groups excluding carboxylic acids is 2. The van der Waals surface area contributed by atoms with Gasteiger partial charge in [-0.15, -0.1) is 0 Å². The molecule has 158 valence electrons. The van der Waals surface area contributed by atoms with Gasteiger partial charge in [0.2, 0.25) is 0 Å². The minimum absolute atomic E-state index is 0.0126. The van der Waals surface area contributed by atoms with E-state index in [1.54, 1.807) is 0 Å². The molecule has 30 heavy (non-hydrogen) atoms. The number of benzene rings is 2. The van der Waals surface area contributed by atoms with E-state index in [1.165, 1.54) is 5.56 Å². The zero-order valence-corrected chi connectivity index (χ0v) is 17.8. The zero-order valence-electron chi connectivity index (χ0n) is 17.8. The Morgan fingerprint density at radius 3 is 2.30 bits per heavy atom. The molecule has 0 aromatic heterocycles. The normalized spacial score (nSPS) is 17.9. The molecule has 0 unspecified atom stereocenters. The van der Waals surface area contributed by atoms with Crippen molar-refractivity contribution in [3.8, 4) is 0 Å². The van der Waals surface area contributed by atoms with Crippen LogP contribution >= 0.6 is 0 Å². The second kappa shape index (κ2) is 8.38. The van der Waals surface area contributed by atoms with Crippen molar-refractivity contribution in [1.29, 1.82) is 0 Å². The maximum Gasteiger partial charge on any atom is 0.317 e. The third-order valence-corrected chi connectivity index (χ3v) is 6.64. The predicted octanol–water partition coefficient (Wildman–Crippen LogP) is 3.34. The molecule has 2 saturated heterocycles. The lowest BCUT2D eigenvalue weighted by Gasteiger charge is -2.42. The van der Waals surface area contributed by atoms with Gasteiger partial charge in [-0.25, -0.2) is 4.79 Å². The highest BCUT2D eigenvalue weighted by Gasteiger charge is 2.45. The predicted molar refractivity (Wildman–Crippen MR) is 119 cm³/mol. The van der Waals surface area contributed by atoms with Gasteiger partial charge in [0.15, 0.2) is 0 Å². The lowest BCUT2D eigenvalue weighted by Crippen LogP contribution is -2.54. The highest BCUT2D eigenvalue weighted by atomic mass is 16.2. The summed E-state index contributed by atoms with van der Waals surface area (Å²) in [5.41, 5.74) is 2.97. The average molecular weight is 407 g/mol. The third-order valence-electron chi connectivity index (χ3n) is 6.64. The molecule has 3 amide bonds. The van der Waals surface area contributed by atoms with Gasteiger partial charge in [0.25, 0.3) is 5.91 Å². The summed E-state index contributed by atoms with van der Waals surface area (Å²) in [6.45, 7) is 5.91. The van der Waals surface area contributed by atoms with E-state index in [0.717, 1.165) is 37.2 Å². The van der Waals surface area contributed by atoms with Crippen LogP contribution in [0.1, 0.15) is 35.7 Å². The Bertz CT molecular complexity index is 889. The molecule has 0 saturated carbocycles. The monoisotopic (exact) mass is 406 g/mol. The number of rotatable bonds is 5. The summed E-state index contributed by atoms with van der Waals surface area (Å²) in [4.78, 5) is 30.9. The van der Waals surface area contributed by atoms with Crippen molar-refractivity contribution in [3.63, 3.8) is 0 Å². The first-order valence-corrected chi connectivity index (χ1v) is 10.7. The van der Waals surface area contributed by atoms with Gasteiger partial charge >= 0.3 is 6.03 Å². The van der Waals surface area contributed by atoms with Crippen molar-refractivity contribution in [2.75, 3.05) is 38.1 Å². The maximum absolute atomic E-state index is 13.0. The smallest absolute Gasteiger partial charge is 0.317 e. The summed E-state index contributed by atoms with van der Waals surface area (Å²) in [5, 5.41) is 2.92. The minimum atomic E-state index is -0.142. The topological polar surface area (TPSA) is 55.9 Å². The van der Waals surface area contributed by atoms with E-state index in [1.807, 2.05) is 47.2 Å². The summed E-state index contributed by atoms with van der Waals surface area (Å²) in [7, 11) is 1.85. The van der Waals surface area contributed by atoms with Crippen LogP contribution in [0.4, 0.5) is 10.5 Å². The number of urea groups is 1. The van der Waals surface area contributed by atoms with Crippen LogP contribution in [-0.4, -0.2) is 60.5 Å². The number of likely N-dealkylation sites (N-methyl/N-ethyl adjacent to an activating group) is 1. The lowest BCUT2D eigenvalue weighted by molar-refractivity contribution is 0.0565. The molecule has 0 bridgehead atoms. The van der Waals surface area contributed by atoms with Gasteiger partial charge in [0.05, 0.1) is 5.54 Å². The van der Waals surface area contributed by atoms with E-state index in [0.29, 0.717) is 19.6 Å². The standard InChI is InChI=1S/C24H30N4O2/c1-3-27(17-19-7-5-4-6-8-19)21-11-9-20(10-12-21)22(29)28-15-13-24(14-16-28)18-25-23(30)26(24)2/h4-12H,3,13-18H2,1-2H3,(H,25,30). The summed E-state index contributed by atoms with van der Waals surface area (Å²) in [6.07, 6.45) is 1.62. The van der Waals surface area contributed by atoms with Gasteiger partial charge < -0.3 is 20.0 Å². The first-order chi connectivity index (χ1) is 14.5. The molecule has 0 radical (unpaired) electrons. The minimum Gasteiger partial charge on any atom is -0.367 e. The fourth-order valence-corrected chi connectivity index (χ4v) is 4.52. The Morgan fingerprint density at radius 2 is 1.73 bits per heavy atom. The van der Waals surface area contributed by atoms with Gasteiger partial charge in [0, 0.05) is 51.0 Å². The van der Waals surface area contributed by atoms with Crippen LogP contribution < -0.4 is 10.2 Å². The second-order valence-corrected chi connectivity index (χ2v) is 8.28. The molecule has 0 aliphatic carbocycles. The van der Waals surface area contributed by atoms with E-state index in [2.05, 4.69) is 41.4 Å².